The summed E-state index contributed by atoms with van der Waals surface area (Å²) in [5.74, 6) is 0.717. The van der Waals surface area contributed by atoms with Gasteiger partial charge in [0.2, 0.25) is 0 Å². The topological polar surface area (TPSA) is 66.0 Å². The lowest BCUT2D eigenvalue weighted by molar-refractivity contribution is 0.363. The Morgan fingerprint density at radius 3 is 3.00 bits per heavy atom. The average molecular weight is 232 g/mol. The molecular weight excluding hydrogens is 212 g/mol. The van der Waals surface area contributed by atoms with Gasteiger partial charge < -0.3 is 10.6 Å². The molecule has 17 heavy (non-hydrogen) atoms. The van der Waals surface area contributed by atoms with Crippen LogP contribution in [0, 0.1) is 11.3 Å². The van der Waals surface area contributed by atoms with E-state index in [1.807, 2.05) is 12.1 Å². The number of piperidine rings is 1. The minimum absolute atomic E-state index is 0.0472. The Morgan fingerprint density at radius 2 is 2.29 bits per heavy atom. The smallest absolute Gasteiger partial charge is 0.143 e. The van der Waals surface area contributed by atoms with Gasteiger partial charge in [0, 0.05) is 18.8 Å². The number of nitrogens with two attached hydrogens (primary N) is 1. The number of rotatable bonds is 2. The lowest BCUT2D eigenvalue weighted by Gasteiger charge is -2.40. The Kier molecular flexibility index (Phi) is 3.31. The van der Waals surface area contributed by atoms with E-state index in [1.54, 1.807) is 6.20 Å². The van der Waals surface area contributed by atoms with Crippen LogP contribution in [0.15, 0.2) is 18.3 Å². The van der Waals surface area contributed by atoms with Crippen LogP contribution >= 0.6 is 0 Å². The summed E-state index contributed by atoms with van der Waals surface area (Å²) < 4.78 is 0. The number of pyridine rings is 1. The molecular formula is C13H20N4. The van der Waals surface area contributed by atoms with Gasteiger partial charge in [-0.2, -0.15) is 0 Å². The molecule has 0 bridgehead atoms. The third-order valence-electron chi connectivity index (χ3n) is 3.72. The number of amidine groups is 1. The number of nitrogen functional groups attached to an aromatic ring is 1. The van der Waals surface area contributed by atoms with Gasteiger partial charge in [0.15, 0.2) is 0 Å². The highest BCUT2D eigenvalue weighted by atomic mass is 15.2. The van der Waals surface area contributed by atoms with Crippen molar-refractivity contribution in [2.75, 3.05) is 11.4 Å². The maximum atomic E-state index is 7.60. The monoisotopic (exact) mass is 232 g/mol. The van der Waals surface area contributed by atoms with Gasteiger partial charge in [-0.25, -0.2) is 0 Å². The van der Waals surface area contributed by atoms with Crippen LogP contribution in [0.2, 0.25) is 0 Å². The summed E-state index contributed by atoms with van der Waals surface area (Å²) in [6.45, 7) is 5.54. The van der Waals surface area contributed by atoms with Gasteiger partial charge >= 0.3 is 0 Å². The highest BCUT2D eigenvalue weighted by Crippen LogP contribution is 2.29. The Hall–Kier alpha value is -1.58. The molecule has 0 aromatic carbocycles. The van der Waals surface area contributed by atoms with Crippen molar-refractivity contribution in [1.82, 2.24) is 4.98 Å². The van der Waals surface area contributed by atoms with Crippen LogP contribution in [0.25, 0.3) is 0 Å². The second-order valence-corrected chi connectivity index (χ2v) is 4.84. The number of nitrogens with one attached hydrogen (secondary N) is 1. The van der Waals surface area contributed by atoms with Crippen LogP contribution in [-0.2, 0) is 0 Å². The summed E-state index contributed by atoms with van der Waals surface area (Å²) >= 11 is 0. The number of nitrogens with zero attached hydrogens (tertiary/aromatic N) is 2. The minimum Gasteiger partial charge on any atom is -0.382 e. The first-order chi connectivity index (χ1) is 8.11. The predicted octanol–water partition coefficient (Wildman–Crippen LogP) is 1.99. The van der Waals surface area contributed by atoms with E-state index in [4.69, 9.17) is 11.1 Å². The Bertz CT molecular complexity index is 416. The largest absolute Gasteiger partial charge is 0.382 e. The molecule has 2 rings (SSSR count). The van der Waals surface area contributed by atoms with E-state index in [0.29, 0.717) is 17.7 Å². The summed E-state index contributed by atoms with van der Waals surface area (Å²) in [7, 11) is 0. The van der Waals surface area contributed by atoms with E-state index in [9.17, 15) is 0 Å². The highest BCUT2D eigenvalue weighted by Gasteiger charge is 2.26. The predicted molar refractivity (Wildman–Crippen MR) is 70.5 cm³/mol. The van der Waals surface area contributed by atoms with Gasteiger partial charge in [-0.1, -0.05) is 6.92 Å². The molecule has 0 spiro atoms. The van der Waals surface area contributed by atoms with Gasteiger partial charge in [0.25, 0.3) is 0 Å². The highest BCUT2D eigenvalue weighted by molar-refractivity contribution is 5.98. The molecule has 2 atom stereocenters. The number of hydrogen-bond acceptors (Lipinski definition) is 3. The van der Waals surface area contributed by atoms with Crippen molar-refractivity contribution < 1.29 is 0 Å². The lowest BCUT2D eigenvalue weighted by Crippen LogP contribution is -2.43. The van der Waals surface area contributed by atoms with Crippen LogP contribution in [0.1, 0.15) is 32.4 Å². The first-order valence-corrected chi connectivity index (χ1v) is 6.17. The average Bonchev–Trinajstić information content (AvgIpc) is 2.33. The van der Waals surface area contributed by atoms with E-state index in [1.165, 1.54) is 12.8 Å². The third-order valence-corrected chi connectivity index (χ3v) is 3.72. The zero-order chi connectivity index (χ0) is 12.4. The van der Waals surface area contributed by atoms with E-state index in [0.717, 1.165) is 12.2 Å². The Labute approximate surface area is 102 Å². The Morgan fingerprint density at radius 1 is 1.53 bits per heavy atom. The van der Waals surface area contributed by atoms with Crippen molar-refractivity contribution in [3.8, 4) is 0 Å². The number of anilines is 1. The molecule has 1 aromatic heterocycles. The maximum absolute atomic E-state index is 7.60. The molecule has 1 aromatic rings. The van der Waals surface area contributed by atoms with E-state index >= 15 is 0 Å². The van der Waals surface area contributed by atoms with E-state index in [-0.39, 0.29) is 5.84 Å². The Balaban J connectivity index is 2.36. The lowest BCUT2D eigenvalue weighted by atomic mass is 9.91. The standard InChI is InChI=1S/C13H20N4/c1-9-5-4-8-17(10(9)2)11-6-3-7-16-12(11)13(14)15/h3,6-7,9-10H,4-5,8H2,1-2H3,(H3,14,15). The van der Waals surface area contributed by atoms with E-state index < -0.39 is 0 Å². The van der Waals surface area contributed by atoms with E-state index in [2.05, 4.69) is 23.7 Å². The van der Waals surface area contributed by atoms with Gasteiger partial charge in [-0.3, -0.25) is 10.4 Å². The van der Waals surface area contributed by atoms with Crippen LogP contribution in [-0.4, -0.2) is 23.4 Å². The van der Waals surface area contributed by atoms with Gasteiger partial charge in [0.1, 0.15) is 11.5 Å². The molecule has 1 aliphatic rings. The van der Waals surface area contributed by atoms with Gasteiger partial charge in [-0.15, -0.1) is 0 Å². The molecule has 0 radical (unpaired) electrons. The van der Waals surface area contributed by atoms with Crippen molar-refractivity contribution in [3.63, 3.8) is 0 Å². The number of aromatic nitrogens is 1. The SMILES string of the molecule is CC1CCCN(c2cccnc2C(=N)N)C1C. The first kappa shape index (κ1) is 11.9. The fourth-order valence-corrected chi connectivity index (χ4v) is 2.51. The summed E-state index contributed by atoms with van der Waals surface area (Å²) in [6, 6.07) is 4.40. The molecule has 2 unspecified atom stereocenters. The molecule has 1 aliphatic heterocycles. The van der Waals surface area contributed by atoms with Crippen molar-refractivity contribution in [1.29, 1.82) is 5.41 Å². The molecule has 0 aliphatic carbocycles. The quantitative estimate of drug-likeness (QED) is 0.605. The fraction of sp³-hybridized carbons (Fsp3) is 0.538. The van der Waals surface area contributed by atoms with Crippen molar-refractivity contribution >= 4 is 11.5 Å². The number of hydrogen-bond donors (Lipinski definition) is 2. The van der Waals surface area contributed by atoms with Crippen LogP contribution in [0.3, 0.4) is 0 Å². The first-order valence-electron chi connectivity index (χ1n) is 6.17. The van der Waals surface area contributed by atoms with Crippen molar-refractivity contribution in [2.24, 2.45) is 11.7 Å². The maximum Gasteiger partial charge on any atom is 0.143 e. The summed E-state index contributed by atoms with van der Waals surface area (Å²) in [4.78, 5) is 6.55. The molecule has 4 heteroatoms. The fourth-order valence-electron chi connectivity index (χ4n) is 2.51. The van der Waals surface area contributed by atoms with Gasteiger partial charge in [-0.05, 0) is 37.8 Å². The molecule has 0 amide bonds. The molecule has 0 saturated carbocycles. The second kappa shape index (κ2) is 4.73. The zero-order valence-corrected chi connectivity index (χ0v) is 10.5. The van der Waals surface area contributed by atoms with Gasteiger partial charge in [0.05, 0.1) is 5.69 Å². The second-order valence-electron chi connectivity index (χ2n) is 4.84. The zero-order valence-electron chi connectivity index (χ0n) is 10.5. The molecule has 1 fully saturated rings. The summed E-state index contributed by atoms with van der Waals surface area (Å²) in [5, 5.41) is 7.60. The molecule has 92 valence electrons. The molecule has 1 saturated heterocycles. The van der Waals surface area contributed by atoms with Crippen molar-refractivity contribution in [2.45, 2.75) is 32.7 Å². The normalized spacial score (nSPS) is 24.7. The van der Waals surface area contributed by atoms with Crippen LogP contribution < -0.4 is 10.6 Å². The van der Waals surface area contributed by atoms with Crippen molar-refractivity contribution in [3.05, 3.63) is 24.0 Å². The van der Waals surface area contributed by atoms with Crippen LogP contribution in [0.5, 0.6) is 0 Å². The third kappa shape index (κ3) is 2.25. The molecule has 2 heterocycles. The minimum atomic E-state index is 0.0472. The summed E-state index contributed by atoms with van der Waals surface area (Å²) in [6.07, 6.45) is 4.16. The van der Waals surface area contributed by atoms with Crippen LogP contribution in [0.4, 0.5) is 5.69 Å². The molecule has 3 N–H and O–H groups in total. The molecule has 4 nitrogen and oxygen atoms in total. The summed E-state index contributed by atoms with van der Waals surface area (Å²) in [5.41, 5.74) is 7.20.